The predicted molar refractivity (Wildman–Crippen MR) is 102 cm³/mol. The first-order valence-corrected chi connectivity index (χ1v) is 8.74. The Bertz CT molecular complexity index is 1120. The monoisotopic (exact) mass is 379 g/mol. The summed E-state index contributed by atoms with van der Waals surface area (Å²) in [6.45, 7) is 0.451. The fourth-order valence-corrected chi connectivity index (χ4v) is 2.98. The fourth-order valence-electron chi connectivity index (χ4n) is 2.98. The van der Waals surface area contributed by atoms with Crippen LogP contribution in [0.2, 0.25) is 0 Å². The molecule has 8 heteroatoms. The van der Waals surface area contributed by atoms with Gasteiger partial charge < -0.3 is 15.0 Å². The van der Waals surface area contributed by atoms with Crippen LogP contribution in [-0.2, 0) is 6.42 Å². The number of hydrogen-bond acceptors (Lipinski definition) is 4. The molecule has 2 heterocycles. The SMILES string of the molecule is COc1ccc2[nH]cc(CCNC(=O)c3cn(-c4ccc(F)cc4)nn3)c2c1. The maximum atomic E-state index is 13.0. The molecule has 2 N–H and O–H groups in total. The molecule has 28 heavy (non-hydrogen) atoms. The van der Waals surface area contributed by atoms with E-state index in [1.165, 1.54) is 23.0 Å². The number of aromatic amines is 1. The number of hydrogen-bond donors (Lipinski definition) is 2. The molecule has 0 spiro atoms. The van der Waals surface area contributed by atoms with Crippen LogP contribution < -0.4 is 10.1 Å². The maximum Gasteiger partial charge on any atom is 0.273 e. The number of carbonyl (C=O) groups is 1. The van der Waals surface area contributed by atoms with Gasteiger partial charge in [0.15, 0.2) is 5.69 Å². The quantitative estimate of drug-likeness (QED) is 0.540. The van der Waals surface area contributed by atoms with Gasteiger partial charge >= 0.3 is 0 Å². The average Bonchev–Trinajstić information content (AvgIpc) is 3.36. The predicted octanol–water partition coefficient (Wildman–Crippen LogP) is 2.87. The number of methoxy groups -OCH3 is 1. The lowest BCUT2D eigenvalue weighted by Gasteiger charge is -2.04. The second kappa shape index (κ2) is 7.51. The molecule has 142 valence electrons. The van der Waals surface area contributed by atoms with E-state index in [2.05, 4.69) is 20.6 Å². The molecule has 2 aromatic heterocycles. The smallest absolute Gasteiger partial charge is 0.273 e. The van der Waals surface area contributed by atoms with E-state index >= 15 is 0 Å². The van der Waals surface area contributed by atoms with Gasteiger partial charge in [-0.15, -0.1) is 5.10 Å². The minimum absolute atomic E-state index is 0.199. The molecule has 0 saturated heterocycles. The molecule has 4 rings (SSSR count). The van der Waals surface area contributed by atoms with E-state index in [1.54, 1.807) is 19.2 Å². The topological polar surface area (TPSA) is 84.8 Å². The molecular formula is C20H18FN5O2. The van der Waals surface area contributed by atoms with E-state index in [0.717, 1.165) is 22.2 Å². The normalized spacial score (nSPS) is 10.9. The van der Waals surface area contributed by atoms with Gasteiger partial charge in [-0.2, -0.15) is 0 Å². The minimum atomic E-state index is -0.336. The number of fused-ring (bicyclic) bond motifs is 1. The Hall–Kier alpha value is -3.68. The molecule has 0 unspecified atom stereocenters. The number of rotatable bonds is 6. The van der Waals surface area contributed by atoms with E-state index in [9.17, 15) is 9.18 Å². The number of carbonyl (C=O) groups excluding carboxylic acids is 1. The zero-order valence-corrected chi connectivity index (χ0v) is 15.1. The Kier molecular flexibility index (Phi) is 4.76. The van der Waals surface area contributed by atoms with Crippen LogP contribution >= 0.6 is 0 Å². The molecule has 0 aliphatic rings. The molecule has 0 atom stereocenters. The van der Waals surface area contributed by atoms with Crippen LogP contribution in [0.25, 0.3) is 16.6 Å². The average molecular weight is 379 g/mol. The fraction of sp³-hybridized carbons (Fsp3) is 0.150. The third-order valence-electron chi connectivity index (χ3n) is 4.47. The highest BCUT2D eigenvalue weighted by molar-refractivity contribution is 5.92. The Morgan fingerprint density at radius 3 is 2.86 bits per heavy atom. The minimum Gasteiger partial charge on any atom is -0.497 e. The number of H-pyrrole nitrogens is 1. The van der Waals surface area contributed by atoms with Gasteiger partial charge in [-0.05, 0) is 54.4 Å². The zero-order valence-electron chi connectivity index (χ0n) is 15.1. The third-order valence-corrected chi connectivity index (χ3v) is 4.47. The number of amides is 1. The van der Waals surface area contributed by atoms with E-state index in [1.807, 2.05) is 24.4 Å². The highest BCUT2D eigenvalue weighted by atomic mass is 19.1. The van der Waals surface area contributed by atoms with Gasteiger partial charge in [0, 0.05) is 23.6 Å². The van der Waals surface area contributed by atoms with Gasteiger partial charge in [0.25, 0.3) is 5.91 Å². The highest BCUT2D eigenvalue weighted by Gasteiger charge is 2.12. The summed E-state index contributed by atoms with van der Waals surface area (Å²) >= 11 is 0. The molecule has 0 bridgehead atoms. The van der Waals surface area contributed by atoms with Crippen molar-refractivity contribution in [3.63, 3.8) is 0 Å². The maximum absolute atomic E-state index is 13.0. The lowest BCUT2D eigenvalue weighted by atomic mass is 10.1. The molecule has 7 nitrogen and oxygen atoms in total. The number of nitrogens with zero attached hydrogens (tertiary/aromatic N) is 3. The van der Waals surface area contributed by atoms with Gasteiger partial charge in [0.05, 0.1) is 19.0 Å². The van der Waals surface area contributed by atoms with Crippen LogP contribution in [0.1, 0.15) is 16.1 Å². The number of nitrogens with one attached hydrogen (secondary N) is 2. The number of halogens is 1. The van der Waals surface area contributed by atoms with E-state index in [4.69, 9.17) is 4.74 Å². The standard InChI is InChI=1S/C20H18FN5O2/c1-28-16-6-7-18-17(10-16)13(11-23-18)8-9-22-20(27)19-12-26(25-24-19)15-4-2-14(21)3-5-15/h2-7,10-12,23H,8-9H2,1H3,(H,22,27). The summed E-state index contributed by atoms with van der Waals surface area (Å²) in [5, 5.41) is 11.7. The second-order valence-corrected chi connectivity index (χ2v) is 6.26. The van der Waals surface area contributed by atoms with Crippen molar-refractivity contribution in [1.29, 1.82) is 0 Å². The number of ether oxygens (including phenoxy) is 1. The van der Waals surface area contributed by atoms with Gasteiger partial charge in [0.1, 0.15) is 11.6 Å². The summed E-state index contributed by atoms with van der Waals surface area (Å²) in [7, 11) is 1.63. The Labute approximate surface area is 160 Å². The van der Waals surface area contributed by atoms with Crippen LogP contribution in [0.4, 0.5) is 4.39 Å². The van der Waals surface area contributed by atoms with E-state index in [0.29, 0.717) is 18.7 Å². The van der Waals surface area contributed by atoms with Gasteiger partial charge in [-0.3, -0.25) is 4.79 Å². The van der Waals surface area contributed by atoms with E-state index < -0.39 is 0 Å². The summed E-state index contributed by atoms with van der Waals surface area (Å²) in [5.41, 5.74) is 2.93. The second-order valence-electron chi connectivity index (χ2n) is 6.26. The summed E-state index contributed by atoms with van der Waals surface area (Å²) in [6, 6.07) is 11.6. The molecule has 2 aromatic carbocycles. The van der Waals surface area contributed by atoms with Crippen LogP contribution in [0.3, 0.4) is 0 Å². The van der Waals surface area contributed by atoms with Crippen LogP contribution in [0.15, 0.2) is 54.9 Å². The first-order valence-electron chi connectivity index (χ1n) is 8.74. The van der Waals surface area contributed by atoms with Gasteiger partial charge in [-0.25, -0.2) is 9.07 Å². The molecule has 0 saturated carbocycles. The van der Waals surface area contributed by atoms with Crippen molar-refractivity contribution >= 4 is 16.8 Å². The largest absolute Gasteiger partial charge is 0.497 e. The Morgan fingerprint density at radius 1 is 1.25 bits per heavy atom. The van der Waals surface area contributed by atoms with Crippen LogP contribution in [0.5, 0.6) is 5.75 Å². The Balaban J connectivity index is 1.39. The van der Waals surface area contributed by atoms with Crippen LogP contribution in [-0.4, -0.2) is 39.5 Å². The first-order chi connectivity index (χ1) is 13.6. The Morgan fingerprint density at radius 2 is 2.07 bits per heavy atom. The molecule has 4 aromatic rings. The lowest BCUT2D eigenvalue weighted by Crippen LogP contribution is -2.26. The van der Waals surface area contributed by atoms with Crippen LogP contribution in [0, 0.1) is 5.82 Å². The molecule has 0 radical (unpaired) electrons. The molecular weight excluding hydrogens is 361 g/mol. The zero-order chi connectivity index (χ0) is 19.5. The highest BCUT2D eigenvalue weighted by Crippen LogP contribution is 2.23. The lowest BCUT2D eigenvalue weighted by molar-refractivity contribution is 0.0949. The molecule has 1 amide bonds. The summed E-state index contributed by atoms with van der Waals surface area (Å²) in [4.78, 5) is 15.5. The van der Waals surface area contributed by atoms with Crippen molar-refractivity contribution in [3.8, 4) is 11.4 Å². The van der Waals surface area contributed by atoms with E-state index in [-0.39, 0.29) is 17.4 Å². The van der Waals surface area contributed by atoms with Crippen molar-refractivity contribution in [1.82, 2.24) is 25.3 Å². The van der Waals surface area contributed by atoms with Crippen molar-refractivity contribution in [2.24, 2.45) is 0 Å². The molecule has 0 aliphatic carbocycles. The van der Waals surface area contributed by atoms with Crippen molar-refractivity contribution in [2.75, 3.05) is 13.7 Å². The summed E-state index contributed by atoms with van der Waals surface area (Å²) in [5.74, 6) is 0.136. The number of aromatic nitrogens is 4. The van der Waals surface area contributed by atoms with Gasteiger partial charge in [0.2, 0.25) is 0 Å². The summed E-state index contributed by atoms with van der Waals surface area (Å²) in [6.07, 6.45) is 4.10. The van der Waals surface area contributed by atoms with Crippen molar-refractivity contribution in [2.45, 2.75) is 6.42 Å². The first kappa shape index (κ1) is 17.7. The molecule has 0 aliphatic heterocycles. The summed E-state index contributed by atoms with van der Waals surface area (Å²) < 4.78 is 19.7. The number of benzene rings is 2. The van der Waals surface area contributed by atoms with Gasteiger partial charge in [-0.1, -0.05) is 5.21 Å². The third kappa shape index (κ3) is 3.57. The molecule has 0 fully saturated rings. The van der Waals surface area contributed by atoms with Crippen molar-refractivity contribution < 1.29 is 13.9 Å². The van der Waals surface area contributed by atoms with Crippen molar-refractivity contribution in [3.05, 3.63) is 71.9 Å².